The Morgan fingerprint density at radius 3 is 2.78 bits per heavy atom. The first kappa shape index (κ1) is 21.0. The van der Waals surface area contributed by atoms with Gasteiger partial charge in [-0.1, -0.05) is 29.3 Å². The van der Waals surface area contributed by atoms with Crippen LogP contribution < -0.4 is 14.8 Å². The number of nitrogens with one attached hydrogen (secondary N) is 1. The molecular weight excluding hydrogens is 469 g/mol. The number of thioether (sulfide) groups is 1. The van der Waals surface area contributed by atoms with Crippen molar-refractivity contribution in [3.63, 3.8) is 0 Å². The maximum Gasteiger partial charge on any atom is 0.264 e. The molecule has 0 bridgehead atoms. The van der Waals surface area contributed by atoms with E-state index >= 15 is 0 Å². The van der Waals surface area contributed by atoms with Gasteiger partial charge < -0.3 is 19.4 Å². The first-order valence-electron chi connectivity index (χ1n) is 9.73. The molecule has 3 aromatic rings. The van der Waals surface area contributed by atoms with Crippen molar-refractivity contribution in [3.05, 3.63) is 74.4 Å². The van der Waals surface area contributed by atoms with Gasteiger partial charge in [0.15, 0.2) is 16.7 Å². The second kappa shape index (κ2) is 8.24. The minimum Gasteiger partial charge on any atom is -0.454 e. The number of halogens is 2. The Bertz CT molecular complexity index is 1330. The van der Waals surface area contributed by atoms with Gasteiger partial charge in [-0.3, -0.25) is 4.79 Å². The number of carbonyl (C=O) groups is 1. The van der Waals surface area contributed by atoms with Crippen molar-refractivity contribution in [1.29, 1.82) is 0 Å². The van der Waals surface area contributed by atoms with Crippen LogP contribution in [0.15, 0.2) is 52.4 Å². The number of nitrogens with zero attached hydrogens (tertiary/aromatic N) is 2. The topological polar surface area (TPSA) is 64.9 Å². The van der Waals surface area contributed by atoms with E-state index in [9.17, 15) is 4.79 Å². The van der Waals surface area contributed by atoms with Crippen molar-refractivity contribution >= 4 is 57.8 Å². The van der Waals surface area contributed by atoms with Crippen LogP contribution in [0.1, 0.15) is 17.0 Å². The molecule has 1 fully saturated rings. The molecule has 1 N–H and O–H groups in total. The predicted molar refractivity (Wildman–Crippen MR) is 129 cm³/mol. The zero-order valence-corrected chi connectivity index (χ0v) is 19.4. The third-order valence-corrected chi connectivity index (χ3v) is 6.89. The number of amides is 1. The van der Waals surface area contributed by atoms with Gasteiger partial charge in [-0.25, -0.2) is 4.99 Å². The fourth-order valence-corrected chi connectivity index (χ4v) is 4.83. The van der Waals surface area contributed by atoms with Gasteiger partial charge in [-0.2, -0.15) is 0 Å². The van der Waals surface area contributed by atoms with E-state index in [1.54, 1.807) is 18.2 Å². The van der Waals surface area contributed by atoms with Gasteiger partial charge in [-0.05, 0) is 67.6 Å². The van der Waals surface area contributed by atoms with Crippen LogP contribution in [0.4, 0.5) is 5.69 Å². The molecule has 2 aromatic carbocycles. The number of fused-ring (bicyclic) bond motifs is 1. The SMILES string of the molecule is Cc1cc(/C=C2\SC(=Nc3cccc(Cl)c3Cl)NC2=O)c(C)n1-c1ccc2c(c1)OCO2. The van der Waals surface area contributed by atoms with Crippen LogP contribution in [0.2, 0.25) is 10.0 Å². The second-order valence-corrected chi connectivity index (χ2v) is 9.07. The zero-order chi connectivity index (χ0) is 22.4. The summed E-state index contributed by atoms with van der Waals surface area (Å²) in [6.45, 7) is 4.27. The van der Waals surface area contributed by atoms with Gasteiger partial charge in [0, 0.05) is 23.1 Å². The molecule has 1 aromatic heterocycles. The summed E-state index contributed by atoms with van der Waals surface area (Å²) in [5.74, 6) is 1.25. The maximum atomic E-state index is 12.6. The molecule has 1 saturated heterocycles. The Hall–Kier alpha value is -2.87. The molecule has 0 unspecified atom stereocenters. The molecule has 2 aliphatic heterocycles. The summed E-state index contributed by atoms with van der Waals surface area (Å²) >= 11 is 13.5. The molecule has 2 aliphatic rings. The maximum absolute atomic E-state index is 12.6. The van der Waals surface area contributed by atoms with Crippen molar-refractivity contribution in [2.24, 2.45) is 4.99 Å². The number of carbonyl (C=O) groups excluding carboxylic acids is 1. The summed E-state index contributed by atoms with van der Waals surface area (Å²) in [5, 5.41) is 4.00. The van der Waals surface area contributed by atoms with Crippen molar-refractivity contribution < 1.29 is 14.3 Å². The van der Waals surface area contributed by atoms with E-state index in [-0.39, 0.29) is 12.7 Å². The number of hydrogen-bond donors (Lipinski definition) is 1. The fourth-order valence-electron chi connectivity index (χ4n) is 3.67. The molecule has 0 radical (unpaired) electrons. The largest absolute Gasteiger partial charge is 0.454 e. The number of aryl methyl sites for hydroxylation is 1. The Morgan fingerprint density at radius 1 is 1.12 bits per heavy atom. The summed E-state index contributed by atoms with van der Waals surface area (Å²) < 4.78 is 13.0. The first-order valence-corrected chi connectivity index (χ1v) is 11.3. The number of ether oxygens (including phenoxy) is 2. The van der Waals surface area contributed by atoms with Gasteiger partial charge in [0.1, 0.15) is 0 Å². The summed E-state index contributed by atoms with van der Waals surface area (Å²) in [4.78, 5) is 17.5. The molecule has 0 aliphatic carbocycles. The molecule has 6 nitrogen and oxygen atoms in total. The Morgan fingerprint density at radius 2 is 1.94 bits per heavy atom. The number of benzene rings is 2. The van der Waals surface area contributed by atoms with Crippen molar-refractivity contribution in [1.82, 2.24) is 9.88 Å². The average Bonchev–Trinajstić information content (AvgIpc) is 3.43. The van der Waals surface area contributed by atoms with Gasteiger partial charge in [0.05, 0.1) is 20.6 Å². The number of aromatic nitrogens is 1. The molecule has 3 heterocycles. The van der Waals surface area contributed by atoms with E-state index in [2.05, 4.69) is 14.9 Å². The van der Waals surface area contributed by atoms with Crippen LogP contribution in [0.25, 0.3) is 11.8 Å². The van der Waals surface area contributed by atoms with Crippen LogP contribution in [-0.4, -0.2) is 22.4 Å². The number of aliphatic imine (C=N–C) groups is 1. The van der Waals surface area contributed by atoms with E-state index in [0.29, 0.717) is 25.8 Å². The van der Waals surface area contributed by atoms with Crippen LogP contribution in [0.5, 0.6) is 11.5 Å². The monoisotopic (exact) mass is 485 g/mol. The lowest BCUT2D eigenvalue weighted by molar-refractivity contribution is -0.115. The molecule has 0 atom stereocenters. The molecule has 9 heteroatoms. The van der Waals surface area contributed by atoms with Crippen molar-refractivity contribution in [2.45, 2.75) is 13.8 Å². The molecular formula is C23H17Cl2N3O3S. The molecule has 0 saturated carbocycles. The van der Waals surface area contributed by atoms with E-state index < -0.39 is 0 Å². The Kier molecular flexibility index (Phi) is 5.41. The lowest BCUT2D eigenvalue weighted by Crippen LogP contribution is -2.19. The van der Waals surface area contributed by atoms with E-state index in [4.69, 9.17) is 32.7 Å². The van der Waals surface area contributed by atoms with Crippen LogP contribution >= 0.6 is 35.0 Å². The molecule has 32 heavy (non-hydrogen) atoms. The van der Waals surface area contributed by atoms with Gasteiger partial charge >= 0.3 is 0 Å². The Balaban J connectivity index is 1.45. The predicted octanol–water partition coefficient (Wildman–Crippen LogP) is 6.02. The second-order valence-electron chi connectivity index (χ2n) is 7.25. The van der Waals surface area contributed by atoms with Gasteiger partial charge in [0.25, 0.3) is 5.91 Å². The third kappa shape index (κ3) is 3.77. The highest BCUT2D eigenvalue weighted by Gasteiger charge is 2.25. The standard InChI is InChI=1S/C23H17Cl2N3O3S/c1-12-8-14(13(2)28(12)15-6-7-18-19(10-15)31-11-30-18)9-20-22(29)27-23(32-20)26-17-5-3-4-16(24)21(17)25/h3-10H,11H2,1-2H3,(H,26,27,29)/b20-9-. The molecule has 162 valence electrons. The molecule has 0 spiro atoms. The summed E-state index contributed by atoms with van der Waals surface area (Å²) in [7, 11) is 0. The average molecular weight is 486 g/mol. The lowest BCUT2D eigenvalue weighted by Gasteiger charge is -2.10. The molecule has 5 rings (SSSR count). The summed E-state index contributed by atoms with van der Waals surface area (Å²) in [6.07, 6.45) is 1.87. The minimum atomic E-state index is -0.209. The fraction of sp³-hybridized carbons (Fsp3) is 0.130. The highest BCUT2D eigenvalue weighted by molar-refractivity contribution is 8.18. The quantitative estimate of drug-likeness (QED) is 0.460. The van der Waals surface area contributed by atoms with Gasteiger partial charge in [0.2, 0.25) is 6.79 Å². The summed E-state index contributed by atoms with van der Waals surface area (Å²) in [6, 6.07) is 13.1. The van der Waals surface area contributed by atoms with Crippen molar-refractivity contribution in [2.75, 3.05) is 6.79 Å². The third-order valence-electron chi connectivity index (χ3n) is 5.18. The molecule has 1 amide bonds. The van der Waals surface area contributed by atoms with Crippen LogP contribution in [0.3, 0.4) is 0 Å². The number of amidine groups is 1. The normalized spacial score (nSPS) is 17.4. The highest BCUT2D eigenvalue weighted by Crippen LogP contribution is 2.37. The highest BCUT2D eigenvalue weighted by atomic mass is 35.5. The van der Waals surface area contributed by atoms with E-state index in [0.717, 1.165) is 34.1 Å². The summed E-state index contributed by atoms with van der Waals surface area (Å²) in [5.41, 5.74) is 4.46. The Labute approximate surface area is 198 Å². The smallest absolute Gasteiger partial charge is 0.264 e. The van der Waals surface area contributed by atoms with Crippen molar-refractivity contribution in [3.8, 4) is 17.2 Å². The van der Waals surface area contributed by atoms with Crippen LogP contribution in [0, 0.1) is 13.8 Å². The number of rotatable bonds is 3. The number of hydrogen-bond acceptors (Lipinski definition) is 5. The van der Waals surface area contributed by atoms with E-state index in [1.807, 2.05) is 44.2 Å². The van der Waals surface area contributed by atoms with Crippen LogP contribution in [-0.2, 0) is 4.79 Å². The minimum absolute atomic E-state index is 0.209. The zero-order valence-electron chi connectivity index (χ0n) is 17.1. The van der Waals surface area contributed by atoms with Gasteiger partial charge in [-0.15, -0.1) is 0 Å². The van der Waals surface area contributed by atoms with E-state index in [1.165, 1.54) is 11.8 Å². The first-order chi connectivity index (χ1) is 15.4. The lowest BCUT2D eigenvalue weighted by atomic mass is 10.2.